The van der Waals surface area contributed by atoms with Gasteiger partial charge >= 0.3 is 5.97 Å². The molecule has 0 amide bonds. The number of hydrogen-bond acceptors (Lipinski definition) is 2. The number of alkyl halides is 1. The first-order valence-corrected chi connectivity index (χ1v) is 3.73. The first-order chi connectivity index (χ1) is 6.56. The molecule has 0 bridgehead atoms. The van der Waals surface area contributed by atoms with Crippen LogP contribution in [0.4, 0.5) is 13.2 Å². The highest BCUT2D eigenvalue weighted by Gasteiger charge is 2.24. The van der Waals surface area contributed by atoms with Gasteiger partial charge in [0.05, 0.1) is 7.11 Å². The molecular formula is C9H7F3O2. The molecule has 0 N–H and O–H groups in total. The molecule has 76 valence electrons. The zero-order valence-corrected chi connectivity index (χ0v) is 7.26. The number of benzene rings is 1. The van der Waals surface area contributed by atoms with Crippen LogP contribution >= 0.6 is 0 Å². The fourth-order valence-corrected chi connectivity index (χ4v) is 0.939. The third-order valence-corrected chi connectivity index (χ3v) is 1.64. The van der Waals surface area contributed by atoms with Crippen LogP contribution in [-0.2, 0) is 9.53 Å². The zero-order chi connectivity index (χ0) is 10.7. The third kappa shape index (κ3) is 2.04. The van der Waals surface area contributed by atoms with Gasteiger partial charge in [-0.15, -0.1) is 0 Å². The highest BCUT2D eigenvalue weighted by molar-refractivity contribution is 5.76. The van der Waals surface area contributed by atoms with Crippen LogP contribution in [-0.4, -0.2) is 13.1 Å². The Bertz CT molecular complexity index is 352. The minimum absolute atomic E-state index is 0.622. The van der Waals surface area contributed by atoms with Gasteiger partial charge in [0.25, 0.3) is 0 Å². The van der Waals surface area contributed by atoms with Gasteiger partial charge in [0.1, 0.15) is 11.6 Å². The van der Waals surface area contributed by atoms with Gasteiger partial charge in [-0.2, -0.15) is 0 Å². The van der Waals surface area contributed by atoms with Crippen molar-refractivity contribution >= 4 is 5.97 Å². The molecule has 0 aliphatic carbocycles. The Morgan fingerprint density at radius 2 is 2.07 bits per heavy atom. The second-order valence-electron chi connectivity index (χ2n) is 2.55. The summed E-state index contributed by atoms with van der Waals surface area (Å²) in [5.74, 6) is -3.05. The lowest BCUT2D eigenvalue weighted by molar-refractivity contribution is -0.146. The van der Waals surface area contributed by atoms with Crippen molar-refractivity contribution in [1.29, 1.82) is 0 Å². The van der Waals surface area contributed by atoms with Crippen molar-refractivity contribution in [2.45, 2.75) is 6.17 Å². The van der Waals surface area contributed by atoms with E-state index in [0.29, 0.717) is 6.07 Å². The highest BCUT2D eigenvalue weighted by Crippen LogP contribution is 2.22. The van der Waals surface area contributed by atoms with E-state index in [1.165, 1.54) is 0 Å². The summed E-state index contributed by atoms with van der Waals surface area (Å²) in [5, 5.41) is 0. The van der Waals surface area contributed by atoms with E-state index >= 15 is 0 Å². The molecule has 1 unspecified atom stereocenters. The molecular weight excluding hydrogens is 197 g/mol. The molecule has 0 fully saturated rings. The van der Waals surface area contributed by atoms with Crippen LogP contribution < -0.4 is 0 Å². The molecule has 0 aromatic heterocycles. The van der Waals surface area contributed by atoms with E-state index in [1.54, 1.807) is 0 Å². The van der Waals surface area contributed by atoms with Crippen molar-refractivity contribution in [3.05, 3.63) is 35.4 Å². The monoisotopic (exact) mass is 204 g/mol. The Morgan fingerprint density at radius 1 is 1.43 bits per heavy atom. The second kappa shape index (κ2) is 4.13. The number of carbonyl (C=O) groups is 1. The van der Waals surface area contributed by atoms with E-state index < -0.39 is 29.3 Å². The number of methoxy groups -OCH3 is 1. The minimum Gasteiger partial charge on any atom is -0.467 e. The molecule has 0 saturated heterocycles. The van der Waals surface area contributed by atoms with Crippen molar-refractivity contribution in [2.75, 3.05) is 7.11 Å². The van der Waals surface area contributed by atoms with Gasteiger partial charge in [-0.1, -0.05) is 0 Å². The quantitative estimate of drug-likeness (QED) is 0.690. The van der Waals surface area contributed by atoms with E-state index in [2.05, 4.69) is 4.74 Å². The molecule has 1 rings (SSSR count). The summed E-state index contributed by atoms with van der Waals surface area (Å²) in [5.41, 5.74) is -0.656. The van der Waals surface area contributed by atoms with Crippen molar-refractivity contribution in [3.63, 3.8) is 0 Å². The Balaban J connectivity index is 3.05. The van der Waals surface area contributed by atoms with Gasteiger partial charge in [0.2, 0.25) is 6.17 Å². The summed E-state index contributed by atoms with van der Waals surface area (Å²) in [7, 11) is 0.964. The highest BCUT2D eigenvalue weighted by atomic mass is 19.1. The molecule has 1 atom stereocenters. The summed E-state index contributed by atoms with van der Waals surface area (Å²) >= 11 is 0. The van der Waals surface area contributed by atoms with Gasteiger partial charge < -0.3 is 4.74 Å². The van der Waals surface area contributed by atoms with Crippen LogP contribution in [0.3, 0.4) is 0 Å². The maximum atomic E-state index is 13.1. The van der Waals surface area contributed by atoms with Crippen molar-refractivity contribution in [2.24, 2.45) is 0 Å². The summed E-state index contributed by atoms with van der Waals surface area (Å²) in [6.07, 6.45) is -2.30. The molecule has 0 aliphatic rings. The van der Waals surface area contributed by atoms with E-state index in [-0.39, 0.29) is 0 Å². The van der Waals surface area contributed by atoms with Crippen LogP contribution in [0.15, 0.2) is 18.2 Å². The lowest BCUT2D eigenvalue weighted by Gasteiger charge is -2.06. The molecule has 0 heterocycles. The first kappa shape index (κ1) is 10.6. The average Bonchev–Trinajstić information content (AvgIpc) is 2.19. The Hall–Kier alpha value is -1.52. The SMILES string of the molecule is COC(=O)C(F)c1cc(F)ccc1F. The minimum atomic E-state index is -2.30. The molecule has 0 radical (unpaired) electrons. The maximum absolute atomic E-state index is 13.1. The van der Waals surface area contributed by atoms with Crippen LogP contribution in [0.25, 0.3) is 0 Å². The van der Waals surface area contributed by atoms with Gasteiger partial charge in [-0.05, 0) is 18.2 Å². The molecule has 1 aromatic carbocycles. The fraction of sp³-hybridized carbons (Fsp3) is 0.222. The molecule has 2 nitrogen and oxygen atoms in total. The summed E-state index contributed by atoms with van der Waals surface area (Å²) in [6.45, 7) is 0. The lowest BCUT2D eigenvalue weighted by Crippen LogP contribution is -2.11. The molecule has 1 aromatic rings. The van der Waals surface area contributed by atoms with Crippen molar-refractivity contribution in [3.8, 4) is 0 Å². The largest absolute Gasteiger partial charge is 0.467 e. The summed E-state index contributed by atoms with van der Waals surface area (Å²) in [4.78, 5) is 10.7. The second-order valence-corrected chi connectivity index (χ2v) is 2.55. The lowest BCUT2D eigenvalue weighted by atomic mass is 10.1. The van der Waals surface area contributed by atoms with Gasteiger partial charge in [-0.3, -0.25) is 0 Å². The Labute approximate surface area is 78.3 Å². The maximum Gasteiger partial charge on any atom is 0.345 e. The van der Waals surface area contributed by atoms with Crippen LogP contribution in [0.5, 0.6) is 0 Å². The van der Waals surface area contributed by atoms with E-state index in [9.17, 15) is 18.0 Å². The van der Waals surface area contributed by atoms with Crippen LogP contribution in [0, 0.1) is 11.6 Å². The number of esters is 1. The summed E-state index contributed by atoms with van der Waals surface area (Å²) in [6, 6.07) is 2.21. The number of rotatable bonds is 2. The molecule has 0 aliphatic heterocycles. The number of carbonyl (C=O) groups excluding carboxylic acids is 1. The average molecular weight is 204 g/mol. The first-order valence-electron chi connectivity index (χ1n) is 3.73. The number of halogens is 3. The van der Waals surface area contributed by atoms with Gasteiger partial charge in [-0.25, -0.2) is 18.0 Å². The Kier molecular flexibility index (Phi) is 3.11. The standard InChI is InChI=1S/C9H7F3O2/c1-14-9(13)8(12)6-4-5(10)2-3-7(6)11/h2-4,8H,1H3. The van der Waals surface area contributed by atoms with Gasteiger partial charge in [0, 0.05) is 5.56 Å². The normalized spacial score (nSPS) is 12.3. The Morgan fingerprint density at radius 3 is 2.64 bits per heavy atom. The zero-order valence-electron chi connectivity index (χ0n) is 7.26. The van der Waals surface area contributed by atoms with Gasteiger partial charge in [0.15, 0.2) is 0 Å². The van der Waals surface area contributed by atoms with E-state index in [1.807, 2.05) is 0 Å². The number of ether oxygens (including phenoxy) is 1. The molecule has 0 saturated carbocycles. The smallest absolute Gasteiger partial charge is 0.345 e. The number of hydrogen-bond donors (Lipinski definition) is 0. The molecule has 5 heteroatoms. The van der Waals surface area contributed by atoms with Crippen LogP contribution in [0.1, 0.15) is 11.7 Å². The van der Waals surface area contributed by atoms with E-state index in [4.69, 9.17) is 0 Å². The van der Waals surface area contributed by atoms with Crippen molar-refractivity contribution < 1.29 is 22.7 Å². The molecule has 14 heavy (non-hydrogen) atoms. The van der Waals surface area contributed by atoms with E-state index in [0.717, 1.165) is 19.2 Å². The van der Waals surface area contributed by atoms with Crippen LogP contribution in [0.2, 0.25) is 0 Å². The predicted molar refractivity (Wildman–Crippen MR) is 42.2 cm³/mol. The predicted octanol–water partition coefficient (Wildman–Crippen LogP) is 2.15. The molecule has 0 spiro atoms. The fourth-order valence-electron chi connectivity index (χ4n) is 0.939. The topological polar surface area (TPSA) is 26.3 Å². The third-order valence-electron chi connectivity index (χ3n) is 1.64. The van der Waals surface area contributed by atoms with Crippen molar-refractivity contribution in [1.82, 2.24) is 0 Å². The summed E-state index contributed by atoms with van der Waals surface area (Å²) < 4.78 is 42.6.